The molecule has 0 saturated carbocycles. The minimum Gasteiger partial charge on any atom is -0.507 e. The molecular weight excluding hydrogens is 266 g/mol. The first-order chi connectivity index (χ1) is 10.2. The summed E-state index contributed by atoms with van der Waals surface area (Å²) in [6, 6.07) is 13.0. The highest BCUT2D eigenvalue weighted by atomic mass is 16.5. The minimum atomic E-state index is -0.140. The van der Waals surface area contributed by atoms with Gasteiger partial charge in [0.05, 0.1) is 17.9 Å². The number of carbonyl (C=O) groups excluding carboxylic acids is 1. The van der Waals surface area contributed by atoms with E-state index in [1.807, 2.05) is 30.3 Å². The number of Topliss-reactive ketones (excluding diaryl/α,β-unsaturated/α-hetero) is 1. The first kappa shape index (κ1) is 13.5. The summed E-state index contributed by atoms with van der Waals surface area (Å²) in [7, 11) is 0. The molecule has 3 rings (SSSR count). The molecule has 0 atom stereocenters. The van der Waals surface area contributed by atoms with Crippen LogP contribution in [-0.4, -0.2) is 24.0 Å². The predicted molar refractivity (Wildman–Crippen MR) is 81.7 cm³/mol. The number of carbonyl (C=O) groups is 1. The molecule has 0 aromatic heterocycles. The lowest BCUT2D eigenvalue weighted by molar-refractivity contribution is 0.101. The number of fused-ring (bicyclic) bond motifs is 1. The Hall–Kier alpha value is -2.49. The molecule has 21 heavy (non-hydrogen) atoms. The van der Waals surface area contributed by atoms with Gasteiger partial charge in [-0.05, 0) is 37.6 Å². The van der Waals surface area contributed by atoms with Gasteiger partial charge < -0.3 is 14.7 Å². The second-order valence-electron chi connectivity index (χ2n) is 5.08. The molecule has 2 aromatic carbocycles. The number of ketones is 1. The van der Waals surface area contributed by atoms with Crippen molar-refractivity contribution in [2.45, 2.75) is 13.3 Å². The van der Waals surface area contributed by atoms with Gasteiger partial charge in [0.25, 0.3) is 0 Å². The highest BCUT2D eigenvalue weighted by Crippen LogP contribution is 2.37. The van der Waals surface area contributed by atoms with E-state index in [0.29, 0.717) is 12.2 Å². The van der Waals surface area contributed by atoms with Crippen LogP contribution in [0.4, 0.5) is 11.4 Å². The van der Waals surface area contributed by atoms with Crippen molar-refractivity contribution in [2.24, 2.45) is 0 Å². The Balaban J connectivity index is 2.04. The van der Waals surface area contributed by atoms with Crippen molar-refractivity contribution in [3.8, 4) is 11.5 Å². The molecule has 0 bridgehead atoms. The van der Waals surface area contributed by atoms with Crippen LogP contribution in [0.15, 0.2) is 42.5 Å². The molecule has 1 aliphatic heterocycles. The van der Waals surface area contributed by atoms with E-state index in [4.69, 9.17) is 4.74 Å². The normalized spacial score (nSPS) is 14.0. The first-order valence-electron chi connectivity index (χ1n) is 7.00. The van der Waals surface area contributed by atoms with E-state index in [0.717, 1.165) is 30.1 Å². The van der Waals surface area contributed by atoms with E-state index in [1.165, 1.54) is 6.92 Å². The molecule has 4 heteroatoms. The number of anilines is 2. The topological polar surface area (TPSA) is 49.8 Å². The molecule has 0 fully saturated rings. The Labute approximate surface area is 123 Å². The van der Waals surface area contributed by atoms with E-state index < -0.39 is 0 Å². The minimum absolute atomic E-state index is 0.0163. The molecule has 0 saturated heterocycles. The Morgan fingerprint density at radius 2 is 2.05 bits per heavy atom. The number of para-hydroxylation sites is 2. The van der Waals surface area contributed by atoms with Gasteiger partial charge in [0.2, 0.25) is 0 Å². The van der Waals surface area contributed by atoms with Crippen LogP contribution in [0.5, 0.6) is 11.5 Å². The van der Waals surface area contributed by atoms with Crippen LogP contribution in [0, 0.1) is 0 Å². The van der Waals surface area contributed by atoms with Crippen molar-refractivity contribution in [3.05, 3.63) is 48.0 Å². The molecule has 0 radical (unpaired) electrons. The van der Waals surface area contributed by atoms with Gasteiger partial charge in [-0.3, -0.25) is 4.79 Å². The van der Waals surface area contributed by atoms with Gasteiger partial charge in [-0.2, -0.15) is 0 Å². The van der Waals surface area contributed by atoms with E-state index in [2.05, 4.69) is 4.90 Å². The zero-order valence-corrected chi connectivity index (χ0v) is 11.9. The average molecular weight is 283 g/mol. The number of benzene rings is 2. The maximum absolute atomic E-state index is 11.4. The highest BCUT2D eigenvalue weighted by Gasteiger charge is 2.18. The summed E-state index contributed by atoms with van der Waals surface area (Å²) in [6.45, 7) is 2.92. The number of hydrogen-bond acceptors (Lipinski definition) is 4. The lowest BCUT2D eigenvalue weighted by Gasteiger charge is -2.24. The lowest BCUT2D eigenvalue weighted by Crippen LogP contribution is -2.17. The van der Waals surface area contributed by atoms with Crippen molar-refractivity contribution in [2.75, 3.05) is 18.1 Å². The van der Waals surface area contributed by atoms with Crippen LogP contribution < -0.4 is 9.64 Å². The lowest BCUT2D eigenvalue weighted by atomic mass is 10.1. The summed E-state index contributed by atoms with van der Waals surface area (Å²) >= 11 is 0. The monoisotopic (exact) mass is 283 g/mol. The van der Waals surface area contributed by atoms with Gasteiger partial charge in [0.1, 0.15) is 11.5 Å². The third-order valence-electron chi connectivity index (χ3n) is 3.61. The zero-order valence-electron chi connectivity index (χ0n) is 11.9. The van der Waals surface area contributed by atoms with Crippen LogP contribution >= 0.6 is 0 Å². The number of nitrogens with zero attached hydrogens (tertiary/aromatic N) is 1. The highest BCUT2D eigenvalue weighted by molar-refractivity contribution is 5.97. The maximum atomic E-state index is 11.4. The molecule has 108 valence electrons. The Kier molecular flexibility index (Phi) is 3.52. The van der Waals surface area contributed by atoms with Crippen LogP contribution in [0.25, 0.3) is 0 Å². The standard InChI is InChI=1S/C17H17NO3/c1-12(19)14-8-7-13(11-16(14)20)18-9-4-10-21-17-6-3-2-5-15(17)18/h2-3,5-8,11,20H,4,9-10H2,1H3. The summed E-state index contributed by atoms with van der Waals surface area (Å²) in [5.74, 6) is 0.714. The van der Waals surface area contributed by atoms with Gasteiger partial charge in [-0.25, -0.2) is 0 Å². The van der Waals surface area contributed by atoms with Crippen LogP contribution in [-0.2, 0) is 0 Å². The van der Waals surface area contributed by atoms with Gasteiger partial charge in [0, 0.05) is 18.3 Å². The molecule has 4 nitrogen and oxygen atoms in total. The molecule has 2 aromatic rings. The third-order valence-corrected chi connectivity index (χ3v) is 3.61. The molecule has 1 N–H and O–H groups in total. The zero-order chi connectivity index (χ0) is 14.8. The number of rotatable bonds is 2. The summed E-state index contributed by atoms with van der Waals surface area (Å²) in [6.07, 6.45) is 0.893. The Bertz CT molecular complexity index is 681. The molecule has 0 aliphatic carbocycles. The quantitative estimate of drug-likeness (QED) is 0.857. The van der Waals surface area contributed by atoms with Gasteiger partial charge in [-0.15, -0.1) is 0 Å². The number of phenols is 1. The van der Waals surface area contributed by atoms with Crippen LogP contribution in [0.1, 0.15) is 23.7 Å². The molecule has 0 spiro atoms. The average Bonchev–Trinajstić information content (AvgIpc) is 2.69. The number of hydrogen-bond donors (Lipinski definition) is 1. The summed E-state index contributed by atoms with van der Waals surface area (Å²) < 4.78 is 5.73. The summed E-state index contributed by atoms with van der Waals surface area (Å²) in [4.78, 5) is 13.5. The van der Waals surface area contributed by atoms with E-state index in [-0.39, 0.29) is 11.5 Å². The number of aromatic hydroxyl groups is 1. The molecular formula is C17H17NO3. The van der Waals surface area contributed by atoms with E-state index >= 15 is 0 Å². The van der Waals surface area contributed by atoms with Crippen LogP contribution in [0.3, 0.4) is 0 Å². The van der Waals surface area contributed by atoms with E-state index in [1.54, 1.807) is 12.1 Å². The van der Waals surface area contributed by atoms with Crippen molar-refractivity contribution in [1.29, 1.82) is 0 Å². The molecule has 1 heterocycles. The van der Waals surface area contributed by atoms with Gasteiger partial charge >= 0.3 is 0 Å². The van der Waals surface area contributed by atoms with Gasteiger partial charge in [-0.1, -0.05) is 12.1 Å². The Morgan fingerprint density at radius 3 is 2.81 bits per heavy atom. The van der Waals surface area contributed by atoms with Crippen molar-refractivity contribution < 1.29 is 14.6 Å². The van der Waals surface area contributed by atoms with Crippen molar-refractivity contribution in [1.82, 2.24) is 0 Å². The maximum Gasteiger partial charge on any atom is 0.163 e. The fourth-order valence-corrected chi connectivity index (χ4v) is 2.58. The fraction of sp³-hybridized carbons (Fsp3) is 0.235. The second-order valence-corrected chi connectivity index (χ2v) is 5.08. The van der Waals surface area contributed by atoms with Crippen molar-refractivity contribution >= 4 is 17.2 Å². The van der Waals surface area contributed by atoms with Gasteiger partial charge in [0.15, 0.2) is 5.78 Å². The largest absolute Gasteiger partial charge is 0.507 e. The SMILES string of the molecule is CC(=O)c1ccc(N2CCCOc3ccccc32)cc1O. The fourth-order valence-electron chi connectivity index (χ4n) is 2.58. The summed E-state index contributed by atoms with van der Waals surface area (Å²) in [5.41, 5.74) is 2.18. The smallest absolute Gasteiger partial charge is 0.163 e. The van der Waals surface area contributed by atoms with E-state index in [9.17, 15) is 9.90 Å². The van der Waals surface area contributed by atoms with Crippen molar-refractivity contribution in [3.63, 3.8) is 0 Å². The number of phenolic OH excluding ortho intramolecular Hbond substituents is 1. The number of ether oxygens (including phenoxy) is 1. The molecule has 0 unspecified atom stereocenters. The first-order valence-corrected chi connectivity index (χ1v) is 7.00. The predicted octanol–water partition coefficient (Wildman–Crippen LogP) is 3.52. The Morgan fingerprint density at radius 1 is 1.24 bits per heavy atom. The summed E-state index contributed by atoms with van der Waals surface area (Å²) in [5, 5.41) is 10.0. The van der Waals surface area contributed by atoms with Crippen LogP contribution in [0.2, 0.25) is 0 Å². The molecule has 0 amide bonds. The molecule has 1 aliphatic rings. The second kappa shape index (κ2) is 5.48. The third kappa shape index (κ3) is 2.57.